The van der Waals surface area contributed by atoms with E-state index in [4.69, 9.17) is 4.74 Å². The first-order valence-corrected chi connectivity index (χ1v) is 5.72. The van der Waals surface area contributed by atoms with Crippen LogP contribution < -0.4 is 15.4 Å². The highest BCUT2D eigenvalue weighted by Gasteiger charge is 2.02. The quantitative estimate of drug-likeness (QED) is 0.781. The molecule has 0 saturated carbocycles. The van der Waals surface area contributed by atoms with Crippen molar-refractivity contribution in [2.45, 2.75) is 19.9 Å². The average Bonchev–Trinajstić information content (AvgIpc) is 2.34. The Bertz CT molecular complexity index is 378. The van der Waals surface area contributed by atoms with Crippen LogP contribution in [0.2, 0.25) is 0 Å². The van der Waals surface area contributed by atoms with E-state index in [1.165, 1.54) is 0 Å². The van der Waals surface area contributed by atoms with E-state index in [2.05, 4.69) is 10.6 Å². The Morgan fingerprint density at radius 3 is 2.76 bits per heavy atom. The lowest BCUT2D eigenvalue weighted by Gasteiger charge is -2.08. The molecular weight excluding hydrogens is 216 g/mol. The van der Waals surface area contributed by atoms with Gasteiger partial charge in [-0.25, -0.2) is 0 Å². The maximum atomic E-state index is 11.4. The molecule has 0 aliphatic heterocycles. The molecule has 0 radical (unpaired) electrons. The van der Waals surface area contributed by atoms with E-state index in [1.54, 1.807) is 7.11 Å². The summed E-state index contributed by atoms with van der Waals surface area (Å²) in [6.07, 6.45) is 0.506. The number of methoxy groups -OCH3 is 1. The number of hydrogen-bond acceptors (Lipinski definition) is 3. The lowest BCUT2D eigenvalue weighted by Crippen LogP contribution is -2.26. The fourth-order valence-electron chi connectivity index (χ4n) is 1.58. The number of carbonyl (C=O) groups excluding carboxylic acids is 1. The van der Waals surface area contributed by atoms with Gasteiger partial charge in [-0.15, -0.1) is 0 Å². The molecule has 4 heteroatoms. The van der Waals surface area contributed by atoms with E-state index in [-0.39, 0.29) is 5.91 Å². The van der Waals surface area contributed by atoms with Crippen LogP contribution >= 0.6 is 0 Å². The van der Waals surface area contributed by atoms with Crippen LogP contribution in [-0.4, -0.2) is 26.6 Å². The smallest absolute Gasteiger partial charge is 0.221 e. The van der Waals surface area contributed by atoms with E-state index in [1.807, 2.05) is 32.2 Å². The van der Waals surface area contributed by atoms with E-state index in [0.29, 0.717) is 19.5 Å². The topological polar surface area (TPSA) is 50.4 Å². The number of hydrogen-bond donors (Lipinski definition) is 2. The monoisotopic (exact) mass is 236 g/mol. The molecule has 1 rings (SSSR count). The van der Waals surface area contributed by atoms with Crippen LogP contribution in [0, 0.1) is 6.92 Å². The Morgan fingerprint density at radius 1 is 1.41 bits per heavy atom. The van der Waals surface area contributed by atoms with Gasteiger partial charge in [-0.1, -0.05) is 12.1 Å². The maximum Gasteiger partial charge on any atom is 0.221 e. The summed E-state index contributed by atoms with van der Waals surface area (Å²) >= 11 is 0. The Kier molecular flexibility index (Phi) is 5.49. The minimum atomic E-state index is 0.0628. The molecule has 94 valence electrons. The van der Waals surface area contributed by atoms with Gasteiger partial charge in [0.05, 0.1) is 7.11 Å². The van der Waals surface area contributed by atoms with Gasteiger partial charge >= 0.3 is 0 Å². The number of amides is 1. The normalized spacial score (nSPS) is 10.1. The number of aryl methyl sites for hydroxylation is 1. The van der Waals surface area contributed by atoms with Crippen LogP contribution in [0.4, 0.5) is 0 Å². The summed E-state index contributed by atoms with van der Waals surface area (Å²) in [7, 11) is 3.49. The summed E-state index contributed by atoms with van der Waals surface area (Å²) in [6, 6.07) is 5.91. The van der Waals surface area contributed by atoms with E-state index < -0.39 is 0 Å². The van der Waals surface area contributed by atoms with Gasteiger partial charge in [0.1, 0.15) is 5.75 Å². The van der Waals surface area contributed by atoms with Gasteiger partial charge in [0.15, 0.2) is 0 Å². The molecule has 1 aromatic carbocycles. The molecule has 0 atom stereocenters. The van der Waals surface area contributed by atoms with Crippen LogP contribution in [0.25, 0.3) is 0 Å². The summed E-state index contributed by atoms with van der Waals surface area (Å²) in [5.41, 5.74) is 2.16. The Morgan fingerprint density at radius 2 is 2.18 bits per heavy atom. The number of nitrogens with one attached hydrogen (secondary N) is 2. The summed E-state index contributed by atoms with van der Waals surface area (Å²) in [5, 5.41) is 5.82. The molecule has 0 bridgehead atoms. The van der Waals surface area contributed by atoms with Crippen LogP contribution in [0.3, 0.4) is 0 Å². The highest BCUT2D eigenvalue weighted by atomic mass is 16.5. The first kappa shape index (κ1) is 13.5. The number of carbonyl (C=O) groups is 1. The molecule has 1 amide bonds. The summed E-state index contributed by atoms with van der Waals surface area (Å²) < 4.78 is 5.18. The zero-order valence-electron chi connectivity index (χ0n) is 10.7. The molecule has 0 aromatic heterocycles. The first-order chi connectivity index (χ1) is 8.17. The van der Waals surface area contributed by atoms with Crippen molar-refractivity contribution in [1.29, 1.82) is 0 Å². The second-order valence-electron chi connectivity index (χ2n) is 3.93. The molecule has 0 unspecified atom stereocenters. The standard InChI is InChI=1S/C13H20N2O2/c1-10-8-11(4-5-12(10)17-3)9-15-13(16)6-7-14-2/h4-5,8,14H,6-7,9H2,1-3H3,(H,15,16). The number of rotatable bonds is 6. The van der Waals surface area contributed by atoms with Crippen LogP contribution in [0.1, 0.15) is 17.5 Å². The second kappa shape index (κ2) is 6.91. The van der Waals surface area contributed by atoms with Crippen molar-refractivity contribution in [1.82, 2.24) is 10.6 Å². The van der Waals surface area contributed by atoms with Crippen molar-refractivity contribution in [3.8, 4) is 5.75 Å². The van der Waals surface area contributed by atoms with Gasteiger partial charge in [-0.3, -0.25) is 4.79 Å². The van der Waals surface area contributed by atoms with Gasteiger partial charge in [0.2, 0.25) is 5.91 Å². The molecule has 0 saturated heterocycles. The lowest BCUT2D eigenvalue weighted by molar-refractivity contribution is -0.121. The van der Waals surface area contributed by atoms with Crippen LogP contribution in [0.15, 0.2) is 18.2 Å². The minimum Gasteiger partial charge on any atom is -0.496 e. The van der Waals surface area contributed by atoms with E-state index >= 15 is 0 Å². The number of benzene rings is 1. The lowest BCUT2D eigenvalue weighted by atomic mass is 10.1. The zero-order valence-corrected chi connectivity index (χ0v) is 10.7. The molecule has 2 N–H and O–H groups in total. The highest BCUT2D eigenvalue weighted by Crippen LogP contribution is 2.18. The summed E-state index contributed by atoms with van der Waals surface area (Å²) in [4.78, 5) is 11.4. The fourth-order valence-corrected chi connectivity index (χ4v) is 1.58. The molecule has 4 nitrogen and oxygen atoms in total. The molecule has 0 aliphatic carbocycles. The summed E-state index contributed by atoms with van der Waals surface area (Å²) in [6.45, 7) is 3.26. The predicted octanol–water partition coefficient (Wildman–Crippen LogP) is 1.23. The minimum absolute atomic E-state index is 0.0628. The summed E-state index contributed by atoms with van der Waals surface area (Å²) in [5.74, 6) is 0.933. The fraction of sp³-hybridized carbons (Fsp3) is 0.462. The molecular formula is C13H20N2O2. The van der Waals surface area contributed by atoms with Gasteiger partial charge in [0, 0.05) is 19.5 Å². The highest BCUT2D eigenvalue weighted by molar-refractivity contribution is 5.76. The third kappa shape index (κ3) is 4.44. The first-order valence-electron chi connectivity index (χ1n) is 5.72. The molecule has 0 spiro atoms. The molecule has 1 aromatic rings. The molecule has 0 heterocycles. The van der Waals surface area contributed by atoms with Crippen molar-refractivity contribution in [3.05, 3.63) is 29.3 Å². The van der Waals surface area contributed by atoms with Gasteiger partial charge in [-0.2, -0.15) is 0 Å². The van der Waals surface area contributed by atoms with Crippen molar-refractivity contribution in [2.75, 3.05) is 20.7 Å². The predicted molar refractivity (Wildman–Crippen MR) is 68.1 cm³/mol. The zero-order chi connectivity index (χ0) is 12.7. The Labute approximate surface area is 102 Å². The van der Waals surface area contributed by atoms with Crippen molar-refractivity contribution >= 4 is 5.91 Å². The van der Waals surface area contributed by atoms with E-state index in [0.717, 1.165) is 16.9 Å². The van der Waals surface area contributed by atoms with Crippen molar-refractivity contribution in [2.24, 2.45) is 0 Å². The van der Waals surface area contributed by atoms with Gasteiger partial charge < -0.3 is 15.4 Å². The van der Waals surface area contributed by atoms with Crippen molar-refractivity contribution in [3.63, 3.8) is 0 Å². The maximum absolute atomic E-state index is 11.4. The largest absolute Gasteiger partial charge is 0.496 e. The molecule has 0 aliphatic rings. The van der Waals surface area contributed by atoms with Crippen LogP contribution in [-0.2, 0) is 11.3 Å². The van der Waals surface area contributed by atoms with E-state index in [9.17, 15) is 4.79 Å². The van der Waals surface area contributed by atoms with Crippen molar-refractivity contribution < 1.29 is 9.53 Å². The van der Waals surface area contributed by atoms with Gasteiger partial charge in [-0.05, 0) is 31.2 Å². The average molecular weight is 236 g/mol. The third-order valence-electron chi connectivity index (χ3n) is 2.55. The Hall–Kier alpha value is -1.55. The SMILES string of the molecule is CNCCC(=O)NCc1ccc(OC)c(C)c1. The molecule has 0 fully saturated rings. The van der Waals surface area contributed by atoms with Gasteiger partial charge in [0.25, 0.3) is 0 Å². The van der Waals surface area contributed by atoms with Crippen LogP contribution in [0.5, 0.6) is 5.75 Å². The third-order valence-corrected chi connectivity index (χ3v) is 2.55. The molecule has 17 heavy (non-hydrogen) atoms. The second-order valence-corrected chi connectivity index (χ2v) is 3.93. The number of ether oxygens (including phenoxy) is 1. The Balaban J connectivity index is 2.47.